The van der Waals surface area contributed by atoms with E-state index in [1.54, 1.807) is 0 Å². The molecule has 1 aliphatic rings. The van der Waals surface area contributed by atoms with Gasteiger partial charge in [0, 0.05) is 11.1 Å². The van der Waals surface area contributed by atoms with Gasteiger partial charge in [-0.1, -0.05) is 31.2 Å². The molecule has 0 bridgehead atoms. The van der Waals surface area contributed by atoms with Gasteiger partial charge >= 0.3 is 11.4 Å². The molecule has 0 radical (unpaired) electrons. The molecule has 3 N–H and O–H groups in total. The Morgan fingerprint density at radius 3 is 2.03 bits per heavy atom. The van der Waals surface area contributed by atoms with Crippen LogP contribution in [0.4, 0.5) is 22.7 Å². The number of anilines is 1. The average molecular weight is 440 g/mol. The van der Waals surface area contributed by atoms with Crippen molar-refractivity contribution in [1.82, 2.24) is 0 Å². The first-order valence-electron chi connectivity index (χ1n) is 9.72. The molecular formula is C21H20N4O7. The molecule has 3 aromatic rings. The molecule has 11 heteroatoms. The summed E-state index contributed by atoms with van der Waals surface area (Å²) in [4.78, 5) is 27.8. The standard InChI is InChI=1S/C15H17N.C6H3N3O7/c1-10-5-4-8-12-11-6-2-3-7-13(11)15(16)9-14(10)12;10-6-4(8(13)14)1-3(7(11)12)2-5(6)9(15)16/h2-3,6-7,9-10H,4-5,8,16H2,1H3;1-2,10H. The number of non-ortho nitro benzene ring substituents is 1. The predicted molar refractivity (Wildman–Crippen MR) is 118 cm³/mol. The summed E-state index contributed by atoms with van der Waals surface area (Å²) in [6.07, 6.45) is 3.81. The Bertz CT molecular complexity index is 1210. The molecule has 32 heavy (non-hydrogen) atoms. The predicted octanol–water partition coefficient (Wildman–Crippen LogP) is 4.98. The number of benzene rings is 3. The second-order valence-corrected chi connectivity index (χ2v) is 7.48. The van der Waals surface area contributed by atoms with Crippen molar-refractivity contribution in [2.24, 2.45) is 0 Å². The number of phenols is 1. The second kappa shape index (κ2) is 8.84. The molecule has 0 amide bonds. The molecule has 0 saturated heterocycles. The SMILES string of the molecule is CC1CCCc2c1cc(N)c1ccccc21.O=[N+]([O-])c1cc([N+](=O)[O-])c(O)c([N+](=O)[O-])c1. The van der Waals surface area contributed by atoms with Gasteiger partial charge in [-0.25, -0.2) is 0 Å². The van der Waals surface area contributed by atoms with E-state index in [2.05, 4.69) is 37.3 Å². The highest BCUT2D eigenvalue weighted by Gasteiger charge is 2.30. The maximum absolute atomic E-state index is 10.4. The number of hydrogen-bond donors (Lipinski definition) is 2. The van der Waals surface area contributed by atoms with Crippen LogP contribution in [0.15, 0.2) is 42.5 Å². The van der Waals surface area contributed by atoms with E-state index in [9.17, 15) is 30.3 Å². The third-order valence-corrected chi connectivity index (χ3v) is 5.48. The molecule has 1 aliphatic carbocycles. The summed E-state index contributed by atoms with van der Waals surface area (Å²) in [7, 11) is 0. The van der Waals surface area contributed by atoms with Crippen molar-refractivity contribution in [2.45, 2.75) is 32.1 Å². The summed E-state index contributed by atoms with van der Waals surface area (Å²) in [6, 6.07) is 11.6. The number of fused-ring (bicyclic) bond motifs is 3. The van der Waals surface area contributed by atoms with Crippen LogP contribution < -0.4 is 5.73 Å². The van der Waals surface area contributed by atoms with Gasteiger partial charge in [0.25, 0.3) is 11.4 Å². The molecule has 3 aromatic carbocycles. The van der Waals surface area contributed by atoms with Crippen molar-refractivity contribution in [1.29, 1.82) is 0 Å². The van der Waals surface area contributed by atoms with Gasteiger partial charge < -0.3 is 10.8 Å². The topological polar surface area (TPSA) is 176 Å². The summed E-state index contributed by atoms with van der Waals surface area (Å²) in [6.45, 7) is 2.31. The van der Waals surface area contributed by atoms with Crippen LogP contribution in [0.3, 0.4) is 0 Å². The van der Waals surface area contributed by atoms with E-state index in [0.717, 1.165) is 5.69 Å². The molecule has 166 valence electrons. The number of nitrogens with zero attached hydrogens (tertiary/aromatic N) is 3. The number of nitro groups is 3. The molecule has 4 rings (SSSR count). The molecule has 0 saturated carbocycles. The van der Waals surface area contributed by atoms with Crippen LogP contribution in [0, 0.1) is 30.3 Å². The van der Waals surface area contributed by atoms with Crippen molar-refractivity contribution in [3.63, 3.8) is 0 Å². The van der Waals surface area contributed by atoms with Gasteiger partial charge in [-0.15, -0.1) is 0 Å². The van der Waals surface area contributed by atoms with E-state index in [0.29, 0.717) is 18.1 Å². The summed E-state index contributed by atoms with van der Waals surface area (Å²) >= 11 is 0. The summed E-state index contributed by atoms with van der Waals surface area (Å²) < 4.78 is 0. The smallest absolute Gasteiger partial charge is 0.324 e. The van der Waals surface area contributed by atoms with E-state index in [1.807, 2.05) is 0 Å². The number of rotatable bonds is 3. The average Bonchev–Trinajstić information content (AvgIpc) is 2.75. The van der Waals surface area contributed by atoms with Crippen molar-refractivity contribution < 1.29 is 19.9 Å². The van der Waals surface area contributed by atoms with Crippen LogP contribution in [0.1, 0.15) is 36.8 Å². The van der Waals surface area contributed by atoms with Crippen LogP contribution in [0.2, 0.25) is 0 Å². The quantitative estimate of drug-likeness (QED) is 0.325. The second-order valence-electron chi connectivity index (χ2n) is 7.48. The lowest BCUT2D eigenvalue weighted by Gasteiger charge is -2.24. The molecule has 0 aromatic heterocycles. The number of nitro benzene ring substituents is 3. The first kappa shape index (κ1) is 22.4. The fourth-order valence-corrected chi connectivity index (χ4v) is 3.92. The number of phenolic OH excluding ortho intramolecular Hbond substituents is 1. The van der Waals surface area contributed by atoms with Crippen molar-refractivity contribution in [2.75, 3.05) is 5.73 Å². The Hall–Kier alpha value is -4.28. The lowest BCUT2D eigenvalue weighted by Crippen LogP contribution is -2.08. The summed E-state index contributed by atoms with van der Waals surface area (Å²) in [5, 5.41) is 42.8. The van der Waals surface area contributed by atoms with E-state index in [1.165, 1.54) is 41.2 Å². The van der Waals surface area contributed by atoms with Crippen LogP contribution in [-0.4, -0.2) is 19.9 Å². The Morgan fingerprint density at radius 2 is 1.50 bits per heavy atom. The Kier molecular flexibility index (Phi) is 6.19. The molecule has 0 aliphatic heterocycles. The van der Waals surface area contributed by atoms with Gasteiger partial charge in [0.2, 0.25) is 0 Å². The van der Waals surface area contributed by atoms with Gasteiger partial charge in [0.1, 0.15) is 0 Å². The molecule has 11 nitrogen and oxygen atoms in total. The van der Waals surface area contributed by atoms with E-state index < -0.39 is 37.6 Å². The highest BCUT2D eigenvalue weighted by atomic mass is 16.6. The van der Waals surface area contributed by atoms with Crippen LogP contribution in [0.5, 0.6) is 5.75 Å². The molecule has 1 atom stereocenters. The highest BCUT2D eigenvalue weighted by Crippen LogP contribution is 2.39. The van der Waals surface area contributed by atoms with Crippen LogP contribution in [0.25, 0.3) is 10.8 Å². The fourth-order valence-electron chi connectivity index (χ4n) is 3.92. The minimum Gasteiger partial charge on any atom is -0.497 e. The van der Waals surface area contributed by atoms with Crippen LogP contribution in [-0.2, 0) is 6.42 Å². The highest BCUT2D eigenvalue weighted by molar-refractivity contribution is 5.96. The van der Waals surface area contributed by atoms with Crippen molar-refractivity contribution in [3.8, 4) is 5.75 Å². The Morgan fingerprint density at radius 1 is 0.938 bits per heavy atom. The van der Waals surface area contributed by atoms with Gasteiger partial charge in [-0.3, -0.25) is 30.3 Å². The number of hydrogen-bond acceptors (Lipinski definition) is 8. The third kappa shape index (κ3) is 4.26. The minimum absolute atomic E-state index is 0.447. The lowest BCUT2D eigenvalue weighted by atomic mass is 9.81. The maximum Gasteiger partial charge on any atom is 0.324 e. The lowest BCUT2D eigenvalue weighted by molar-refractivity contribution is -0.404. The molecule has 0 spiro atoms. The first-order valence-corrected chi connectivity index (χ1v) is 9.72. The van der Waals surface area contributed by atoms with Gasteiger partial charge in [-0.2, -0.15) is 0 Å². The van der Waals surface area contributed by atoms with Gasteiger partial charge in [-0.05, 0) is 47.8 Å². The molecular weight excluding hydrogens is 420 g/mol. The Balaban J connectivity index is 0.000000181. The monoisotopic (exact) mass is 440 g/mol. The van der Waals surface area contributed by atoms with Crippen molar-refractivity contribution >= 4 is 33.5 Å². The first-order chi connectivity index (χ1) is 15.1. The van der Waals surface area contributed by atoms with Gasteiger partial charge in [0.05, 0.1) is 26.9 Å². The zero-order chi connectivity index (χ0) is 23.6. The molecule has 0 fully saturated rings. The summed E-state index contributed by atoms with van der Waals surface area (Å²) in [5.74, 6) is -0.545. The summed E-state index contributed by atoms with van der Waals surface area (Å²) in [5.41, 5.74) is 7.08. The molecule has 0 heterocycles. The largest absolute Gasteiger partial charge is 0.497 e. The normalized spacial score (nSPS) is 14.7. The van der Waals surface area contributed by atoms with Crippen LogP contribution >= 0.6 is 0 Å². The Labute approximate surface area is 181 Å². The number of aryl methyl sites for hydroxylation is 1. The zero-order valence-electron chi connectivity index (χ0n) is 17.1. The number of nitrogens with two attached hydrogens (primary N) is 1. The maximum atomic E-state index is 10.4. The van der Waals surface area contributed by atoms with E-state index in [4.69, 9.17) is 10.8 Å². The fraction of sp³-hybridized carbons (Fsp3) is 0.238. The van der Waals surface area contributed by atoms with Gasteiger partial charge in [0.15, 0.2) is 0 Å². The van der Waals surface area contributed by atoms with E-state index >= 15 is 0 Å². The number of aromatic hydroxyl groups is 1. The zero-order valence-corrected chi connectivity index (χ0v) is 17.1. The minimum atomic E-state index is -1.21. The third-order valence-electron chi connectivity index (χ3n) is 5.48. The van der Waals surface area contributed by atoms with Crippen molar-refractivity contribution in [3.05, 3.63) is 83.9 Å². The molecule has 1 unspecified atom stereocenters. The number of nitrogen functional groups attached to an aromatic ring is 1. The van der Waals surface area contributed by atoms with E-state index in [-0.39, 0.29) is 0 Å².